The van der Waals surface area contributed by atoms with Crippen molar-refractivity contribution in [3.8, 4) is 0 Å². The van der Waals surface area contributed by atoms with Crippen LogP contribution in [0.2, 0.25) is 0 Å². The predicted octanol–water partition coefficient (Wildman–Crippen LogP) is 2.48. The quantitative estimate of drug-likeness (QED) is 0.906. The molecule has 2 rings (SSSR count). The maximum Gasteiger partial charge on any atom is 0.0919 e. The van der Waals surface area contributed by atoms with E-state index in [0.29, 0.717) is 12.5 Å². The van der Waals surface area contributed by atoms with Crippen LogP contribution in [0.1, 0.15) is 42.6 Å². The van der Waals surface area contributed by atoms with E-state index in [1.165, 1.54) is 11.1 Å². The van der Waals surface area contributed by atoms with Gasteiger partial charge in [0.25, 0.3) is 0 Å². The lowest BCUT2D eigenvalue weighted by Crippen LogP contribution is -2.38. The van der Waals surface area contributed by atoms with Crippen LogP contribution in [0.3, 0.4) is 0 Å². The Kier molecular flexibility index (Phi) is 4.97. The molecule has 1 atom stereocenters. The second-order valence-corrected chi connectivity index (χ2v) is 5.70. The summed E-state index contributed by atoms with van der Waals surface area (Å²) in [5, 5.41) is 10.5. The molecule has 0 radical (unpaired) electrons. The monoisotopic (exact) mass is 263 g/mol. The first-order valence-corrected chi connectivity index (χ1v) is 7.16. The molecule has 106 valence electrons. The lowest BCUT2D eigenvalue weighted by Gasteiger charge is -2.29. The van der Waals surface area contributed by atoms with Crippen LogP contribution in [-0.2, 0) is 4.74 Å². The summed E-state index contributed by atoms with van der Waals surface area (Å²) in [5.41, 5.74) is 3.53. The highest BCUT2D eigenvalue weighted by molar-refractivity contribution is 5.34. The average molecular weight is 263 g/mol. The van der Waals surface area contributed by atoms with Gasteiger partial charge in [-0.1, -0.05) is 32.0 Å². The number of β-amino-alcohol motifs (C(OH)–C–C–N with tert-alkyl or cyclic N) is 1. The van der Waals surface area contributed by atoms with E-state index >= 15 is 0 Å². The number of aliphatic hydroxyl groups is 1. The van der Waals surface area contributed by atoms with Crippen molar-refractivity contribution < 1.29 is 9.84 Å². The van der Waals surface area contributed by atoms with Gasteiger partial charge in [-0.05, 0) is 29.5 Å². The third-order valence-electron chi connectivity index (χ3n) is 3.86. The fraction of sp³-hybridized carbons (Fsp3) is 0.625. The van der Waals surface area contributed by atoms with E-state index < -0.39 is 6.10 Å². The Morgan fingerprint density at radius 1 is 1.26 bits per heavy atom. The highest BCUT2D eigenvalue weighted by Crippen LogP contribution is 2.24. The Morgan fingerprint density at radius 2 is 1.95 bits per heavy atom. The predicted molar refractivity (Wildman–Crippen MR) is 77.5 cm³/mol. The number of morpholine rings is 1. The summed E-state index contributed by atoms with van der Waals surface area (Å²) in [7, 11) is 0. The van der Waals surface area contributed by atoms with Gasteiger partial charge in [-0.25, -0.2) is 0 Å². The maximum atomic E-state index is 10.5. The highest BCUT2D eigenvalue weighted by Gasteiger charge is 2.18. The molecule has 0 bridgehead atoms. The molecule has 3 nitrogen and oxygen atoms in total. The molecule has 1 aliphatic rings. The van der Waals surface area contributed by atoms with E-state index in [-0.39, 0.29) is 0 Å². The first-order chi connectivity index (χ1) is 9.08. The normalized spacial score (nSPS) is 18.8. The number of ether oxygens (including phenoxy) is 1. The van der Waals surface area contributed by atoms with Crippen molar-refractivity contribution in [2.24, 2.45) is 0 Å². The standard InChI is InChI=1S/C16H25NO2/c1-12(2)14-5-4-13(3)15(10-14)16(18)11-17-6-8-19-9-7-17/h4-5,10,12,16,18H,6-9,11H2,1-3H3/t16-/m1/s1. The minimum absolute atomic E-state index is 0.406. The minimum atomic E-state index is -0.406. The summed E-state index contributed by atoms with van der Waals surface area (Å²) in [4.78, 5) is 2.27. The van der Waals surface area contributed by atoms with Crippen molar-refractivity contribution in [2.75, 3.05) is 32.8 Å². The van der Waals surface area contributed by atoms with Crippen LogP contribution >= 0.6 is 0 Å². The lowest BCUT2D eigenvalue weighted by atomic mass is 9.95. The number of hydrogen-bond acceptors (Lipinski definition) is 3. The van der Waals surface area contributed by atoms with E-state index in [1.54, 1.807) is 0 Å². The van der Waals surface area contributed by atoms with E-state index in [9.17, 15) is 5.11 Å². The largest absolute Gasteiger partial charge is 0.387 e. The van der Waals surface area contributed by atoms with Crippen LogP contribution in [0, 0.1) is 6.92 Å². The first kappa shape index (κ1) is 14.5. The molecule has 0 aliphatic carbocycles. The van der Waals surface area contributed by atoms with Crippen LogP contribution in [0.15, 0.2) is 18.2 Å². The molecule has 0 saturated carbocycles. The molecular formula is C16H25NO2. The van der Waals surface area contributed by atoms with E-state index in [1.807, 2.05) is 0 Å². The van der Waals surface area contributed by atoms with E-state index in [4.69, 9.17) is 4.74 Å². The zero-order valence-electron chi connectivity index (χ0n) is 12.2. The van der Waals surface area contributed by atoms with Gasteiger partial charge in [-0.3, -0.25) is 4.90 Å². The first-order valence-electron chi connectivity index (χ1n) is 7.16. The summed E-state index contributed by atoms with van der Waals surface area (Å²) in [6, 6.07) is 6.43. The van der Waals surface area contributed by atoms with Gasteiger partial charge >= 0.3 is 0 Å². The summed E-state index contributed by atoms with van der Waals surface area (Å²) in [6.45, 7) is 10.5. The van der Waals surface area contributed by atoms with Crippen LogP contribution in [0.5, 0.6) is 0 Å². The minimum Gasteiger partial charge on any atom is -0.387 e. The molecule has 1 fully saturated rings. The highest BCUT2D eigenvalue weighted by atomic mass is 16.5. The molecule has 3 heteroatoms. The van der Waals surface area contributed by atoms with E-state index in [2.05, 4.69) is 43.9 Å². The van der Waals surface area contributed by atoms with Crippen LogP contribution in [0.4, 0.5) is 0 Å². The van der Waals surface area contributed by atoms with Gasteiger partial charge < -0.3 is 9.84 Å². The molecule has 19 heavy (non-hydrogen) atoms. The molecule has 1 aromatic carbocycles. The number of aryl methyl sites for hydroxylation is 1. The molecule has 1 aromatic rings. The Hall–Kier alpha value is -0.900. The topological polar surface area (TPSA) is 32.7 Å². The average Bonchev–Trinajstić information content (AvgIpc) is 2.40. The SMILES string of the molecule is Cc1ccc(C(C)C)cc1[C@H](O)CN1CCOCC1. The van der Waals surface area contributed by atoms with Gasteiger partial charge in [0.2, 0.25) is 0 Å². The Bertz CT molecular complexity index is 411. The third-order valence-corrected chi connectivity index (χ3v) is 3.86. The fourth-order valence-electron chi connectivity index (χ4n) is 2.50. The zero-order valence-corrected chi connectivity index (χ0v) is 12.2. The number of benzene rings is 1. The lowest BCUT2D eigenvalue weighted by molar-refractivity contribution is 0.0142. The van der Waals surface area contributed by atoms with Gasteiger partial charge in [0.1, 0.15) is 0 Å². The van der Waals surface area contributed by atoms with Gasteiger partial charge in [0.15, 0.2) is 0 Å². The Labute approximate surface area is 116 Å². The number of nitrogens with zero attached hydrogens (tertiary/aromatic N) is 1. The van der Waals surface area contributed by atoms with Gasteiger partial charge in [-0.15, -0.1) is 0 Å². The van der Waals surface area contributed by atoms with Crippen LogP contribution in [-0.4, -0.2) is 42.9 Å². The Balaban J connectivity index is 2.08. The summed E-state index contributed by atoms with van der Waals surface area (Å²) >= 11 is 0. The second-order valence-electron chi connectivity index (χ2n) is 5.70. The van der Waals surface area contributed by atoms with Crippen molar-refractivity contribution in [1.29, 1.82) is 0 Å². The van der Waals surface area contributed by atoms with Crippen LogP contribution in [0.25, 0.3) is 0 Å². The van der Waals surface area contributed by atoms with E-state index in [0.717, 1.165) is 31.9 Å². The molecule has 0 unspecified atom stereocenters. The fourth-order valence-corrected chi connectivity index (χ4v) is 2.50. The van der Waals surface area contributed by atoms with Gasteiger partial charge in [0, 0.05) is 19.6 Å². The van der Waals surface area contributed by atoms with Crippen molar-refractivity contribution in [3.05, 3.63) is 34.9 Å². The number of aliphatic hydroxyl groups excluding tert-OH is 1. The molecule has 0 amide bonds. The third kappa shape index (κ3) is 3.78. The molecule has 1 saturated heterocycles. The van der Waals surface area contributed by atoms with Gasteiger partial charge in [0.05, 0.1) is 19.3 Å². The maximum absolute atomic E-state index is 10.5. The smallest absolute Gasteiger partial charge is 0.0919 e. The zero-order chi connectivity index (χ0) is 13.8. The summed E-state index contributed by atoms with van der Waals surface area (Å²) in [6.07, 6.45) is -0.406. The molecule has 1 aliphatic heterocycles. The number of rotatable bonds is 4. The van der Waals surface area contributed by atoms with Crippen molar-refractivity contribution in [2.45, 2.75) is 32.8 Å². The van der Waals surface area contributed by atoms with Crippen molar-refractivity contribution in [3.63, 3.8) is 0 Å². The summed E-state index contributed by atoms with van der Waals surface area (Å²) < 4.78 is 5.34. The number of hydrogen-bond donors (Lipinski definition) is 1. The molecule has 1 heterocycles. The van der Waals surface area contributed by atoms with Crippen molar-refractivity contribution in [1.82, 2.24) is 4.90 Å². The molecule has 0 aromatic heterocycles. The van der Waals surface area contributed by atoms with Crippen molar-refractivity contribution >= 4 is 0 Å². The van der Waals surface area contributed by atoms with Crippen LogP contribution < -0.4 is 0 Å². The molecular weight excluding hydrogens is 238 g/mol. The Morgan fingerprint density at radius 3 is 2.58 bits per heavy atom. The molecule has 1 N–H and O–H groups in total. The summed E-state index contributed by atoms with van der Waals surface area (Å²) in [5.74, 6) is 0.495. The van der Waals surface area contributed by atoms with Gasteiger partial charge in [-0.2, -0.15) is 0 Å². The second kappa shape index (κ2) is 6.51. The molecule has 0 spiro atoms.